The molecule has 1 heterocycles. The van der Waals surface area contributed by atoms with Crippen LogP contribution in [0.1, 0.15) is 23.6 Å². The smallest absolute Gasteiger partial charge is 0.213 e. The van der Waals surface area contributed by atoms with E-state index in [-0.39, 0.29) is 0 Å². The monoisotopic (exact) mass is 356 g/mol. The largest absolute Gasteiger partial charge is 0.496 e. The van der Waals surface area contributed by atoms with E-state index < -0.39 is 0 Å². The molecule has 2 rings (SSSR count). The van der Waals surface area contributed by atoms with Crippen LogP contribution in [0, 0.1) is 6.92 Å². The molecule has 0 spiro atoms. The van der Waals surface area contributed by atoms with Gasteiger partial charge in [-0.15, -0.1) is 0 Å². The van der Waals surface area contributed by atoms with Crippen LogP contribution < -0.4 is 20.1 Å². The highest BCUT2D eigenvalue weighted by Crippen LogP contribution is 2.19. The molecule has 26 heavy (non-hydrogen) atoms. The summed E-state index contributed by atoms with van der Waals surface area (Å²) in [5.74, 6) is 2.32. The summed E-state index contributed by atoms with van der Waals surface area (Å²) in [6.45, 7) is 6.26. The summed E-state index contributed by atoms with van der Waals surface area (Å²) in [5, 5.41) is 6.64. The van der Waals surface area contributed by atoms with Crippen molar-refractivity contribution >= 4 is 5.96 Å². The maximum atomic E-state index is 5.39. The minimum atomic E-state index is 0.562. The molecule has 1 aromatic heterocycles. The summed E-state index contributed by atoms with van der Waals surface area (Å²) >= 11 is 0. The van der Waals surface area contributed by atoms with Crippen LogP contribution in [0.2, 0.25) is 0 Å². The van der Waals surface area contributed by atoms with Crippen molar-refractivity contribution in [1.29, 1.82) is 0 Å². The lowest BCUT2D eigenvalue weighted by atomic mass is 10.1. The molecule has 0 bridgehead atoms. The molecule has 0 aliphatic rings. The topological polar surface area (TPSA) is 67.8 Å². The van der Waals surface area contributed by atoms with Crippen LogP contribution in [-0.4, -0.2) is 38.3 Å². The average molecular weight is 356 g/mol. The summed E-state index contributed by atoms with van der Waals surface area (Å²) in [6, 6.07) is 10.1. The van der Waals surface area contributed by atoms with Gasteiger partial charge in [-0.3, -0.25) is 0 Å². The molecule has 0 saturated heterocycles. The summed E-state index contributed by atoms with van der Waals surface area (Å²) in [5.41, 5.74) is 3.43. The fraction of sp³-hybridized carbons (Fsp3) is 0.400. The highest BCUT2D eigenvalue weighted by atomic mass is 16.5. The number of aryl methyl sites for hydroxylation is 1. The van der Waals surface area contributed by atoms with Gasteiger partial charge < -0.3 is 20.1 Å². The van der Waals surface area contributed by atoms with Crippen molar-refractivity contribution in [2.24, 2.45) is 4.99 Å². The zero-order valence-corrected chi connectivity index (χ0v) is 16.0. The van der Waals surface area contributed by atoms with E-state index in [9.17, 15) is 0 Å². The van der Waals surface area contributed by atoms with E-state index in [1.54, 1.807) is 20.4 Å². The highest BCUT2D eigenvalue weighted by Gasteiger charge is 2.02. The van der Waals surface area contributed by atoms with Crippen molar-refractivity contribution in [2.45, 2.75) is 26.8 Å². The highest BCUT2D eigenvalue weighted by molar-refractivity contribution is 5.79. The molecule has 0 aliphatic carbocycles. The van der Waals surface area contributed by atoms with Crippen molar-refractivity contribution < 1.29 is 9.47 Å². The van der Waals surface area contributed by atoms with E-state index >= 15 is 0 Å². The Labute approximate surface area is 155 Å². The van der Waals surface area contributed by atoms with E-state index in [0.717, 1.165) is 42.3 Å². The third-order valence-electron chi connectivity index (χ3n) is 3.95. The van der Waals surface area contributed by atoms with Crippen LogP contribution in [0.15, 0.2) is 41.5 Å². The number of benzene rings is 1. The van der Waals surface area contributed by atoms with Crippen LogP contribution in [0.5, 0.6) is 11.6 Å². The first-order valence-electron chi connectivity index (χ1n) is 8.81. The fourth-order valence-corrected chi connectivity index (χ4v) is 2.52. The average Bonchev–Trinajstić information content (AvgIpc) is 2.67. The van der Waals surface area contributed by atoms with Gasteiger partial charge in [0.25, 0.3) is 0 Å². The lowest BCUT2D eigenvalue weighted by molar-refractivity contribution is 0.397. The Balaban J connectivity index is 1.92. The summed E-state index contributed by atoms with van der Waals surface area (Å²) in [4.78, 5) is 8.74. The Bertz CT molecular complexity index is 732. The van der Waals surface area contributed by atoms with E-state index in [1.807, 2.05) is 19.1 Å². The van der Waals surface area contributed by atoms with Crippen molar-refractivity contribution in [3.05, 3.63) is 53.2 Å². The van der Waals surface area contributed by atoms with E-state index in [4.69, 9.17) is 9.47 Å². The van der Waals surface area contributed by atoms with Crippen LogP contribution >= 0.6 is 0 Å². The number of ether oxygens (including phenoxy) is 2. The van der Waals surface area contributed by atoms with Gasteiger partial charge in [-0.05, 0) is 49.1 Å². The lowest BCUT2D eigenvalue weighted by Crippen LogP contribution is -2.38. The van der Waals surface area contributed by atoms with Gasteiger partial charge >= 0.3 is 0 Å². The molecule has 0 unspecified atom stereocenters. The van der Waals surface area contributed by atoms with Crippen molar-refractivity contribution in [2.75, 3.05) is 27.3 Å². The molecule has 140 valence electrons. The lowest BCUT2D eigenvalue weighted by Gasteiger charge is -2.12. The predicted octanol–water partition coefficient (Wildman–Crippen LogP) is 2.71. The van der Waals surface area contributed by atoms with Crippen molar-refractivity contribution in [1.82, 2.24) is 15.6 Å². The van der Waals surface area contributed by atoms with E-state index in [2.05, 4.69) is 45.7 Å². The van der Waals surface area contributed by atoms with Gasteiger partial charge in [-0.25, -0.2) is 9.98 Å². The number of rotatable bonds is 8. The molecule has 0 aliphatic heterocycles. The van der Waals surface area contributed by atoms with Gasteiger partial charge in [0.2, 0.25) is 5.88 Å². The maximum absolute atomic E-state index is 5.39. The molecule has 6 heteroatoms. The molecule has 2 aromatic rings. The Kier molecular flexibility index (Phi) is 7.74. The van der Waals surface area contributed by atoms with Gasteiger partial charge in [0.15, 0.2) is 5.96 Å². The fourth-order valence-electron chi connectivity index (χ4n) is 2.52. The second-order valence-corrected chi connectivity index (χ2v) is 5.88. The van der Waals surface area contributed by atoms with Crippen LogP contribution in [0.4, 0.5) is 0 Å². The third kappa shape index (κ3) is 5.95. The Hall–Kier alpha value is -2.76. The van der Waals surface area contributed by atoms with Gasteiger partial charge in [0.05, 0.1) is 20.8 Å². The minimum Gasteiger partial charge on any atom is -0.496 e. The number of aliphatic imine (C=N–C) groups is 1. The molecule has 1 aromatic carbocycles. The number of methoxy groups -OCH3 is 2. The minimum absolute atomic E-state index is 0.562. The van der Waals surface area contributed by atoms with Gasteiger partial charge in [0.1, 0.15) is 5.75 Å². The maximum Gasteiger partial charge on any atom is 0.213 e. The van der Waals surface area contributed by atoms with Gasteiger partial charge in [0, 0.05) is 25.4 Å². The zero-order valence-electron chi connectivity index (χ0n) is 16.0. The first kappa shape index (κ1) is 19.6. The van der Waals surface area contributed by atoms with Crippen molar-refractivity contribution in [3.8, 4) is 11.6 Å². The predicted molar refractivity (Wildman–Crippen MR) is 105 cm³/mol. The number of pyridine rings is 1. The molecule has 0 amide bonds. The number of aromatic nitrogens is 1. The summed E-state index contributed by atoms with van der Waals surface area (Å²) < 4.78 is 10.5. The van der Waals surface area contributed by atoms with Gasteiger partial charge in [-0.1, -0.05) is 12.1 Å². The zero-order chi connectivity index (χ0) is 18.8. The standard InChI is InChI=1S/C20H28N4O2/c1-5-21-20(24-14-17-9-10-22-19(13-17)26-4)23-11-8-16-7-6-15(2)18(12-16)25-3/h6-7,9-10,12-13H,5,8,11,14H2,1-4H3,(H2,21,23,24). The van der Waals surface area contributed by atoms with E-state index in [0.29, 0.717) is 12.4 Å². The Morgan fingerprint density at radius 1 is 1.08 bits per heavy atom. The second kappa shape index (κ2) is 10.3. The third-order valence-corrected chi connectivity index (χ3v) is 3.95. The number of nitrogens with one attached hydrogen (secondary N) is 2. The summed E-state index contributed by atoms with van der Waals surface area (Å²) in [7, 11) is 3.31. The van der Waals surface area contributed by atoms with Crippen LogP contribution in [-0.2, 0) is 13.0 Å². The Morgan fingerprint density at radius 2 is 1.92 bits per heavy atom. The first-order chi connectivity index (χ1) is 12.7. The second-order valence-electron chi connectivity index (χ2n) is 5.88. The normalized spacial score (nSPS) is 11.2. The Morgan fingerprint density at radius 3 is 2.65 bits per heavy atom. The molecule has 0 atom stereocenters. The summed E-state index contributed by atoms with van der Waals surface area (Å²) in [6.07, 6.45) is 2.62. The molecule has 2 N–H and O–H groups in total. The molecule has 0 saturated carbocycles. The quantitative estimate of drug-likeness (QED) is 0.562. The SMILES string of the molecule is CCNC(=NCc1ccnc(OC)c1)NCCc1ccc(C)c(OC)c1. The van der Waals surface area contributed by atoms with Crippen molar-refractivity contribution in [3.63, 3.8) is 0 Å². The molecule has 0 fully saturated rings. The first-order valence-corrected chi connectivity index (χ1v) is 8.81. The molecular formula is C20H28N4O2. The number of hydrogen-bond acceptors (Lipinski definition) is 4. The molecular weight excluding hydrogens is 328 g/mol. The molecule has 6 nitrogen and oxygen atoms in total. The number of nitrogens with zero attached hydrogens (tertiary/aromatic N) is 2. The van der Waals surface area contributed by atoms with Gasteiger partial charge in [-0.2, -0.15) is 0 Å². The number of hydrogen-bond donors (Lipinski definition) is 2. The van der Waals surface area contributed by atoms with E-state index in [1.165, 1.54) is 5.56 Å². The van der Waals surface area contributed by atoms with Crippen LogP contribution in [0.3, 0.4) is 0 Å². The number of guanidine groups is 1. The van der Waals surface area contributed by atoms with Crippen LogP contribution in [0.25, 0.3) is 0 Å². The molecule has 0 radical (unpaired) electrons.